The fourth-order valence-electron chi connectivity index (χ4n) is 1.08. The van der Waals surface area contributed by atoms with E-state index in [0.29, 0.717) is 6.33 Å². The SMILES string of the molecule is F/C=C/CCNCc1ccccc1. The molecule has 0 spiro atoms. The maximum absolute atomic E-state index is 11.5. The van der Waals surface area contributed by atoms with E-state index >= 15 is 0 Å². The zero-order valence-corrected chi connectivity index (χ0v) is 7.54. The maximum atomic E-state index is 11.5. The lowest BCUT2D eigenvalue weighted by atomic mass is 10.2. The molecule has 0 unspecified atom stereocenters. The van der Waals surface area contributed by atoms with Gasteiger partial charge in [0.25, 0.3) is 0 Å². The van der Waals surface area contributed by atoms with E-state index in [4.69, 9.17) is 0 Å². The summed E-state index contributed by atoms with van der Waals surface area (Å²) in [6, 6.07) is 10.2. The minimum atomic E-state index is 0.587. The van der Waals surface area contributed by atoms with Crippen LogP contribution in [0, 0.1) is 0 Å². The fourth-order valence-corrected chi connectivity index (χ4v) is 1.08. The highest BCUT2D eigenvalue weighted by Crippen LogP contribution is 1.96. The van der Waals surface area contributed by atoms with E-state index in [9.17, 15) is 4.39 Å². The van der Waals surface area contributed by atoms with Crippen molar-refractivity contribution in [1.82, 2.24) is 5.32 Å². The lowest BCUT2D eigenvalue weighted by Gasteiger charge is -2.01. The van der Waals surface area contributed by atoms with Crippen molar-refractivity contribution in [3.05, 3.63) is 48.3 Å². The van der Waals surface area contributed by atoms with Crippen LogP contribution in [0.15, 0.2) is 42.7 Å². The Hall–Kier alpha value is -1.15. The molecular weight excluding hydrogens is 165 g/mol. The minimum Gasteiger partial charge on any atom is -0.312 e. The van der Waals surface area contributed by atoms with Gasteiger partial charge in [-0.3, -0.25) is 0 Å². The number of nitrogens with one attached hydrogen (secondary N) is 1. The average Bonchev–Trinajstić information content (AvgIpc) is 2.19. The molecule has 1 nitrogen and oxygen atoms in total. The van der Waals surface area contributed by atoms with Gasteiger partial charge in [-0.15, -0.1) is 0 Å². The van der Waals surface area contributed by atoms with Crippen LogP contribution in [-0.2, 0) is 6.54 Å². The molecule has 0 aromatic heterocycles. The van der Waals surface area contributed by atoms with Gasteiger partial charge in [0.05, 0.1) is 6.33 Å². The minimum absolute atomic E-state index is 0.587. The molecule has 0 saturated carbocycles. The van der Waals surface area contributed by atoms with Gasteiger partial charge in [-0.05, 0) is 18.5 Å². The first-order valence-corrected chi connectivity index (χ1v) is 4.43. The third kappa shape index (κ3) is 4.43. The molecule has 13 heavy (non-hydrogen) atoms. The molecule has 1 rings (SSSR count). The summed E-state index contributed by atoms with van der Waals surface area (Å²) < 4.78 is 11.5. The highest BCUT2D eigenvalue weighted by atomic mass is 19.1. The van der Waals surface area contributed by atoms with Crippen LogP contribution < -0.4 is 5.32 Å². The van der Waals surface area contributed by atoms with E-state index in [0.717, 1.165) is 19.5 Å². The molecular formula is C11H14FN. The maximum Gasteiger partial charge on any atom is 0.0827 e. The molecule has 0 fully saturated rings. The summed E-state index contributed by atoms with van der Waals surface area (Å²) in [7, 11) is 0. The summed E-state index contributed by atoms with van der Waals surface area (Å²) in [6.45, 7) is 1.66. The Morgan fingerprint density at radius 1 is 1.23 bits per heavy atom. The molecule has 0 aliphatic carbocycles. The second-order valence-corrected chi connectivity index (χ2v) is 2.81. The van der Waals surface area contributed by atoms with Crippen molar-refractivity contribution < 1.29 is 4.39 Å². The zero-order chi connectivity index (χ0) is 9.36. The molecule has 0 amide bonds. The number of rotatable bonds is 5. The normalized spacial score (nSPS) is 10.8. The number of halogens is 1. The highest BCUT2D eigenvalue weighted by Gasteiger charge is 1.88. The first-order chi connectivity index (χ1) is 6.43. The highest BCUT2D eigenvalue weighted by molar-refractivity contribution is 5.14. The molecule has 1 aromatic carbocycles. The van der Waals surface area contributed by atoms with Crippen molar-refractivity contribution in [2.75, 3.05) is 6.54 Å². The number of benzene rings is 1. The summed E-state index contributed by atoms with van der Waals surface area (Å²) in [5.41, 5.74) is 1.26. The number of hydrogen-bond acceptors (Lipinski definition) is 1. The van der Waals surface area contributed by atoms with Crippen molar-refractivity contribution in [2.45, 2.75) is 13.0 Å². The molecule has 1 N–H and O–H groups in total. The monoisotopic (exact) mass is 179 g/mol. The molecule has 0 aliphatic rings. The summed E-state index contributed by atoms with van der Waals surface area (Å²) in [5.74, 6) is 0. The van der Waals surface area contributed by atoms with Crippen LogP contribution in [0.25, 0.3) is 0 Å². The van der Waals surface area contributed by atoms with Gasteiger partial charge in [-0.25, -0.2) is 4.39 Å². The van der Waals surface area contributed by atoms with E-state index in [1.165, 1.54) is 11.6 Å². The Labute approximate surface area is 78.3 Å². The van der Waals surface area contributed by atoms with Crippen LogP contribution in [0.3, 0.4) is 0 Å². The van der Waals surface area contributed by atoms with Crippen LogP contribution in [0.4, 0.5) is 4.39 Å². The van der Waals surface area contributed by atoms with Crippen molar-refractivity contribution in [3.63, 3.8) is 0 Å². The predicted molar refractivity (Wildman–Crippen MR) is 53.0 cm³/mol. The lowest BCUT2D eigenvalue weighted by molar-refractivity contribution is 0.677. The average molecular weight is 179 g/mol. The zero-order valence-electron chi connectivity index (χ0n) is 7.54. The largest absolute Gasteiger partial charge is 0.312 e. The molecule has 0 saturated heterocycles. The molecule has 0 heterocycles. The van der Waals surface area contributed by atoms with Gasteiger partial charge in [-0.2, -0.15) is 0 Å². The van der Waals surface area contributed by atoms with Crippen molar-refractivity contribution in [1.29, 1.82) is 0 Å². The summed E-state index contributed by atoms with van der Waals surface area (Å²) in [4.78, 5) is 0. The van der Waals surface area contributed by atoms with Gasteiger partial charge in [0.15, 0.2) is 0 Å². The molecule has 2 heteroatoms. The van der Waals surface area contributed by atoms with E-state index in [-0.39, 0.29) is 0 Å². The van der Waals surface area contributed by atoms with Gasteiger partial charge < -0.3 is 5.32 Å². The Kier molecular flexibility index (Phi) is 4.87. The lowest BCUT2D eigenvalue weighted by Crippen LogP contribution is -2.13. The van der Waals surface area contributed by atoms with Gasteiger partial charge >= 0.3 is 0 Å². The first kappa shape index (κ1) is 9.93. The van der Waals surface area contributed by atoms with Crippen LogP contribution >= 0.6 is 0 Å². The summed E-state index contributed by atoms with van der Waals surface area (Å²) in [5, 5.41) is 3.22. The third-order valence-corrected chi connectivity index (χ3v) is 1.75. The van der Waals surface area contributed by atoms with Crippen molar-refractivity contribution in [2.24, 2.45) is 0 Å². The summed E-state index contributed by atoms with van der Waals surface area (Å²) >= 11 is 0. The molecule has 0 atom stereocenters. The number of hydrogen-bond donors (Lipinski definition) is 1. The second kappa shape index (κ2) is 6.38. The van der Waals surface area contributed by atoms with Crippen LogP contribution in [0.5, 0.6) is 0 Å². The third-order valence-electron chi connectivity index (χ3n) is 1.75. The van der Waals surface area contributed by atoms with E-state index < -0.39 is 0 Å². The second-order valence-electron chi connectivity index (χ2n) is 2.81. The van der Waals surface area contributed by atoms with Crippen molar-refractivity contribution >= 4 is 0 Å². The Bertz CT molecular complexity index is 244. The Morgan fingerprint density at radius 2 is 2.00 bits per heavy atom. The standard InChI is InChI=1S/C11H14FN/c12-8-4-5-9-13-10-11-6-2-1-3-7-11/h1-4,6-8,13H,5,9-10H2/b8-4+. The predicted octanol–water partition coefficient (Wildman–Crippen LogP) is 2.65. The Morgan fingerprint density at radius 3 is 2.69 bits per heavy atom. The molecule has 70 valence electrons. The molecule has 0 bridgehead atoms. The molecule has 0 aliphatic heterocycles. The first-order valence-electron chi connectivity index (χ1n) is 4.43. The van der Waals surface area contributed by atoms with E-state index in [2.05, 4.69) is 17.4 Å². The van der Waals surface area contributed by atoms with E-state index in [1.54, 1.807) is 0 Å². The summed E-state index contributed by atoms with van der Waals surface area (Å²) in [6.07, 6.45) is 2.84. The van der Waals surface area contributed by atoms with Crippen LogP contribution in [0.2, 0.25) is 0 Å². The molecule has 1 aromatic rings. The topological polar surface area (TPSA) is 12.0 Å². The molecule has 0 radical (unpaired) electrons. The smallest absolute Gasteiger partial charge is 0.0827 e. The van der Waals surface area contributed by atoms with Gasteiger partial charge in [-0.1, -0.05) is 36.4 Å². The quantitative estimate of drug-likeness (QED) is 0.685. The Balaban J connectivity index is 2.13. The van der Waals surface area contributed by atoms with Crippen LogP contribution in [0.1, 0.15) is 12.0 Å². The van der Waals surface area contributed by atoms with Gasteiger partial charge in [0.2, 0.25) is 0 Å². The van der Waals surface area contributed by atoms with E-state index in [1.807, 2.05) is 18.2 Å². The fraction of sp³-hybridized carbons (Fsp3) is 0.273. The van der Waals surface area contributed by atoms with Crippen molar-refractivity contribution in [3.8, 4) is 0 Å². The van der Waals surface area contributed by atoms with Gasteiger partial charge in [0.1, 0.15) is 0 Å². The van der Waals surface area contributed by atoms with Crippen LogP contribution in [-0.4, -0.2) is 6.54 Å². The van der Waals surface area contributed by atoms with Gasteiger partial charge in [0, 0.05) is 6.54 Å².